The maximum atomic E-state index is 5.34. The molecule has 1 saturated heterocycles. The molecule has 14 heavy (non-hydrogen) atoms. The number of morpholine rings is 1. The maximum Gasteiger partial charge on any atom is 0.0594 e. The van der Waals surface area contributed by atoms with Crippen LogP contribution in [0.1, 0.15) is 40.0 Å². The molecule has 0 aromatic rings. The van der Waals surface area contributed by atoms with Crippen molar-refractivity contribution < 1.29 is 4.74 Å². The molecule has 0 spiro atoms. The SMILES string of the molecule is CCC(C)(CC)CCN1CCOCC1. The van der Waals surface area contributed by atoms with Gasteiger partial charge in [-0.3, -0.25) is 4.90 Å². The topological polar surface area (TPSA) is 12.5 Å². The van der Waals surface area contributed by atoms with Crippen molar-refractivity contribution in [2.75, 3.05) is 32.8 Å². The molecule has 0 bridgehead atoms. The number of nitrogens with zero attached hydrogens (tertiary/aromatic N) is 1. The standard InChI is InChI=1S/C12H25NO/c1-4-12(3,5-2)6-7-13-8-10-14-11-9-13/h4-11H2,1-3H3. The maximum absolute atomic E-state index is 5.34. The van der Waals surface area contributed by atoms with Crippen LogP contribution in [-0.2, 0) is 4.74 Å². The summed E-state index contributed by atoms with van der Waals surface area (Å²) in [4.78, 5) is 2.53. The zero-order valence-corrected chi connectivity index (χ0v) is 10.0. The van der Waals surface area contributed by atoms with Gasteiger partial charge in [0.05, 0.1) is 13.2 Å². The minimum Gasteiger partial charge on any atom is -0.379 e. The molecule has 1 aliphatic rings. The summed E-state index contributed by atoms with van der Waals surface area (Å²) >= 11 is 0. The van der Waals surface area contributed by atoms with Crippen LogP contribution in [0.3, 0.4) is 0 Å². The third-order valence-corrected chi connectivity index (χ3v) is 3.84. The fraction of sp³-hybridized carbons (Fsp3) is 1.00. The molecule has 1 aliphatic heterocycles. The second kappa shape index (κ2) is 5.72. The van der Waals surface area contributed by atoms with E-state index in [4.69, 9.17) is 4.74 Å². The Morgan fingerprint density at radius 3 is 2.21 bits per heavy atom. The minimum atomic E-state index is 0.554. The van der Waals surface area contributed by atoms with Crippen molar-refractivity contribution in [2.45, 2.75) is 40.0 Å². The number of rotatable bonds is 5. The highest BCUT2D eigenvalue weighted by molar-refractivity contribution is 4.73. The molecule has 1 heterocycles. The normalized spacial score (nSPS) is 19.9. The molecular formula is C12H25NO. The average molecular weight is 199 g/mol. The summed E-state index contributed by atoms with van der Waals surface area (Å²) in [6.45, 7) is 12.4. The van der Waals surface area contributed by atoms with E-state index in [-0.39, 0.29) is 0 Å². The van der Waals surface area contributed by atoms with E-state index < -0.39 is 0 Å². The zero-order valence-electron chi connectivity index (χ0n) is 10.0. The van der Waals surface area contributed by atoms with Gasteiger partial charge in [0.1, 0.15) is 0 Å². The highest BCUT2D eigenvalue weighted by atomic mass is 16.5. The van der Waals surface area contributed by atoms with Crippen molar-refractivity contribution in [3.8, 4) is 0 Å². The third kappa shape index (κ3) is 3.58. The van der Waals surface area contributed by atoms with Crippen molar-refractivity contribution in [1.82, 2.24) is 4.90 Å². The van der Waals surface area contributed by atoms with Gasteiger partial charge in [-0.15, -0.1) is 0 Å². The summed E-state index contributed by atoms with van der Waals surface area (Å²) in [7, 11) is 0. The molecule has 0 amide bonds. The minimum absolute atomic E-state index is 0.554. The Kier molecular flexibility index (Phi) is 4.90. The summed E-state index contributed by atoms with van der Waals surface area (Å²) in [5.74, 6) is 0. The van der Waals surface area contributed by atoms with Crippen LogP contribution in [0.5, 0.6) is 0 Å². The fourth-order valence-electron chi connectivity index (χ4n) is 1.86. The van der Waals surface area contributed by atoms with Gasteiger partial charge in [-0.05, 0) is 18.4 Å². The molecule has 2 heteroatoms. The number of ether oxygens (including phenoxy) is 1. The summed E-state index contributed by atoms with van der Waals surface area (Å²) in [5.41, 5.74) is 0.554. The number of hydrogen-bond donors (Lipinski definition) is 0. The third-order valence-electron chi connectivity index (χ3n) is 3.84. The lowest BCUT2D eigenvalue weighted by molar-refractivity contribution is 0.0313. The van der Waals surface area contributed by atoms with Crippen molar-refractivity contribution in [3.05, 3.63) is 0 Å². The summed E-state index contributed by atoms with van der Waals surface area (Å²) in [5, 5.41) is 0. The molecule has 0 atom stereocenters. The van der Waals surface area contributed by atoms with Gasteiger partial charge in [-0.2, -0.15) is 0 Å². The van der Waals surface area contributed by atoms with Gasteiger partial charge in [0.25, 0.3) is 0 Å². The molecule has 0 aromatic heterocycles. The van der Waals surface area contributed by atoms with E-state index in [0.717, 1.165) is 26.3 Å². The van der Waals surface area contributed by atoms with E-state index in [9.17, 15) is 0 Å². The molecule has 0 radical (unpaired) electrons. The van der Waals surface area contributed by atoms with E-state index >= 15 is 0 Å². The van der Waals surface area contributed by atoms with Crippen LogP contribution in [-0.4, -0.2) is 37.7 Å². The first-order valence-electron chi connectivity index (χ1n) is 6.00. The predicted octanol–water partition coefficient (Wildman–Crippen LogP) is 2.54. The molecule has 0 N–H and O–H groups in total. The summed E-state index contributed by atoms with van der Waals surface area (Å²) in [6.07, 6.45) is 3.93. The first kappa shape index (κ1) is 12.0. The fourth-order valence-corrected chi connectivity index (χ4v) is 1.86. The Morgan fingerprint density at radius 2 is 1.71 bits per heavy atom. The van der Waals surface area contributed by atoms with Crippen LogP contribution in [0.2, 0.25) is 0 Å². The monoisotopic (exact) mass is 199 g/mol. The Balaban J connectivity index is 2.23. The van der Waals surface area contributed by atoms with Crippen LogP contribution < -0.4 is 0 Å². The molecule has 2 nitrogen and oxygen atoms in total. The summed E-state index contributed by atoms with van der Waals surface area (Å²) < 4.78 is 5.34. The lowest BCUT2D eigenvalue weighted by atomic mass is 9.81. The molecule has 0 aliphatic carbocycles. The van der Waals surface area contributed by atoms with Gasteiger partial charge < -0.3 is 4.74 Å². The number of hydrogen-bond acceptors (Lipinski definition) is 2. The van der Waals surface area contributed by atoms with E-state index in [0.29, 0.717) is 5.41 Å². The van der Waals surface area contributed by atoms with E-state index in [1.807, 2.05) is 0 Å². The molecule has 0 aromatic carbocycles. The van der Waals surface area contributed by atoms with Crippen LogP contribution in [0.25, 0.3) is 0 Å². The Morgan fingerprint density at radius 1 is 1.14 bits per heavy atom. The van der Waals surface area contributed by atoms with Crippen LogP contribution >= 0.6 is 0 Å². The van der Waals surface area contributed by atoms with Gasteiger partial charge in [0.2, 0.25) is 0 Å². The Hall–Kier alpha value is -0.0800. The molecule has 84 valence electrons. The van der Waals surface area contributed by atoms with Crippen molar-refractivity contribution in [1.29, 1.82) is 0 Å². The summed E-state index contributed by atoms with van der Waals surface area (Å²) in [6, 6.07) is 0. The van der Waals surface area contributed by atoms with Gasteiger partial charge in [-0.25, -0.2) is 0 Å². The van der Waals surface area contributed by atoms with E-state index in [2.05, 4.69) is 25.7 Å². The largest absolute Gasteiger partial charge is 0.379 e. The lowest BCUT2D eigenvalue weighted by Crippen LogP contribution is -2.38. The van der Waals surface area contributed by atoms with Crippen LogP contribution in [0.4, 0.5) is 0 Å². The van der Waals surface area contributed by atoms with E-state index in [1.54, 1.807) is 0 Å². The highest BCUT2D eigenvalue weighted by Gasteiger charge is 2.21. The van der Waals surface area contributed by atoms with Gasteiger partial charge in [0, 0.05) is 13.1 Å². The molecule has 1 fully saturated rings. The highest BCUT2D eigenvalue weighted by Crippen LogP contribution is 2.29. The average Bonchev–Trinajstić information content (AvgIpc) is 2.27. The molecule has 0 unspecified atom stereocenters. The molecule has 0 saturated carbocycles. The molecular weight excluding hydrogens is 174 g/mol. The van der Waals surface area contributed by atoms with Gasteiger partial charge in [0.15, 0.2) is 0 Å². The predicted molar refractivity (Wildman–Crippen MR) is 60.6 cm³/mol. The van der Waals surface area contributed by atoms with Crippen LogP contribution in [0.15, 0.2) is 0 Å². The second-order valence-corrected chi connectivity index (χ2v) is 4.72. The quantitative estimate of drug-likeness (QED) is 0.674. The van der Waals surface area contributed by atoms with Gasteiger partial charge in [-0.1, -0.05) is 33.6 Å². The van der Waals surface area contributed by atoms with Crippen LogP contribution in [0, 0.1) is 5.41 Å². The van der Waals surface area contributed by atoms with Crippen molar-refractivity contribution >= 4 is 0 Å². The zero-order chi connectivity index (χ0) is 10.4. The Labute approximate surface area is 88.6 Å². The van der Waals surface area contributed by atoms with Crippen molar-refractivity contribution in [3.63, 3.8) is 0 Å². The lowest BCUT2D eigenvalue weighted by Gasteiger charge is -2.32. The van der Waals surface area contributed by atoms with E-state index in [1.165, 1.54) is 25.8 Å². The van der Waals surface area contributed by atoms with Gasteiger partial charge >= 0.3 is 0 Å². The van der Waals surface area contributed by atoms with Crippen molar-refractivity contribution in [2.24, 2.45) is 5.41 Å². The molecule has 1 rings (SSSR count). The smallest absolute Gasteiger partial charge is 0.0594 e. The first-order valence-corrected chi connectivity index (χ1v) is 6.00. The Bertz CT molecular complexity index is 148. The second-order valence-electron chi connectivity index (χ2n) is 4.72. The first-order chi connectivity index (χ1) is 6.70.